The fourth-order valence-electron chi connectivity index (χ4n) is 2.83. The number of non-ortho nitro benzene ring substituents is 1. The van der Waals surface area contributed by atoms with Crippen LogP contribution in [-0.2, 0) is 6.61 Å². The number of carbonyl (C=O) groups is 1. The molecule has 0 saturated heterocycles. The van der Waals surface area contributed by atoms with Crippen LogP contribution in [0.15, 0.2) is 77.9 Å². The summed E-state index contributed by atoms with van der Waals surface area (Å²) in [5.74, 6) is 0.876. The highest BCUT2D eigenvalue weighted by Crippen LogP contribution is 2.19. The maximum atomic E-state index is 12.4. The number of rotatable bonds is 8. The highest BCUT2D eigenvalue weighted by atomic mass is 16.6. The monoisotopic (exact) mass is 417 g/mol. The molecule has 0 saturated carbocycles. The van der Waals surface area contributed by atoms with Gasteiger partial charge in [0.1, 0.15) is 12.4 Å². The van der Waals surface area contributed by atoms with Crippen LogP contribution in [0, 0.1) is 10.1 Å². The summed E-state index contributed by atoms with van der Waals surface area (Å²) < 4.78 is 5.82. The Hall–Kier alpha value is -4.00. The van der Waals surface area contributed by atoms with Crippen molar-refractivity contribution in [3.05, 3.63) is 105 Å². The zero-order valence-corrected chi connectivity index (χ0v) is 17.3. The molecule has 0 unspecified atom stereocenters. The van der Waals surface area contributed by atoms with Crippen molar-refractivity contribution in [2.45, 2.75) is 26.4 Å². The summed E-state index contributed by atoms with van der Waals surface area (Å²) in [6.45, 7) is 4.62. The van der Waals surface area contributed by atoms with Crippen LogP contribution >= 0.6 is 0 Å². The van der Waals surface area contributed by atoms with E-state index in [-0.39, 0.29) is 11.6 Å². The van der Waals surface area contributed by atoms with E-state index in [9.17, 15) is 14.9 Å². The van der Waals surface area contributed by atoms with Crippen molar-refractivity contribution in [2.24, 2.45) is 5.10 Å². The normalized spacial score (nSPS) is 10.9. The smallest absolute Gasteiger partial charge is 0.271 e. The number of carbonyl (C=O) groups excluding carboxylic acids is 1. The number of nitro groups is 1. The van der Waals surface area contributed by atoms with Gasteiger partial charge >= 0.3 is 0 Å². The molecule has 3 rings (SSSR count). The lowest BCUT2D eigenvalue weighted by atomic mass is 10.0. The number of nitrogens with one attached hydrogen (secondary N) is 1. The molecule has 3 aromatic carbocycles. The molecule has 31 heavy (non-hydrogen) atoms. The first-order chi connectivity index (χ1) is 14.9. The number of hydrogen-bond acceptors (Lipinski definition) is 5. The van der Waals surface area contributed by atoms with E-state index in [2.05, 4.69) is 24.4 Å². The number of benzene rings is 3. The maximum Gasteiger partial charge on any atom is 0.271 e. The van der Waals surface area contributed by atoms with E-state index in [0.717, 1.165) is 11.3 Å². The summed E-state index contributed by atoms with van der Waals surface area (Å²) >= 11 is 0. The molecule has 3 aromatic rings. The number of amides is 1. The van der Waals surface area contributed by atoms with Gasteiger partial charge in [0.15, 0.2) is 0 Å². The third-order valence-corrected chi connectivity index (χ3v) is 4.63. The topological polar surface area (TPSA) is 93.8 Å². The van der Waals surface area contributed by atoms with Gasteiger partial charge in [-0.2, -0.15) is 5.10 Å². The van der Waals surface area contributed by atoms with Gasteiger partial charge in [0.2, 0.25) is 0 Å². The van der Waals surface area contributed by atoms with E-state index in [4.69, 9.17) is 4.74 Å². The summed E-state index contributed by atoms with van der Waals surface area (Å²) in [6.07, 6.45) is 1.43. The molecule has 0 radical (unpaired) electrons. The van der Waals surface area contributed by atoms with Crippen molar-refractivity contribution in [2.75, 3.05) is 0 Å². The van der Waals surface area contributed by atoms with E-state index >= 15 is 0 Å². The molecule has 0 atom stereocenters. The minimum atomic E-state index is -0.472. The van der Waals surface area contributed by atoms with Gasteiger partial charge in [-0.3, -0.25) is 14.9 Å². The Morgan fingerprint density at radius 3 is 2.45 bits per heavy atom. The predicted molar refractivity (Wildman–Crippen MR) is 119 cm³/mol. The van der Waals surface area contributed by atoms with Crippen molar-refractivity contribution in [3.8, 4) is 5.75 Å². The van der Waals surface area contributed by atoms with E-state index in [0.29, 0.717) is 23.7 Å². The molecular formula is C24H23N3O4. The molecule has 7 heteroatoms. The van der Waals surface area contributed by atoms with Crippen LogP contribution in [0.5, 0.6) is 5.75 Å². The molecular weight excluding hydrogens is 394 g/mol. The molecule has 0 heterocycles. The number of nitro benzene ring substituents is 1. The van der Waals surface area contributed by atoms with E-state index in [1.54, 1.807) is 30.3 Å². The quantitative estimate of drug-likeness (QED) is 0.315. The van der Waals surface area contributed by atoms with Gasteiger partial charge < -0.3 is 4.74 Å². The molecule has 0 fully saturated rings. The fraction of sp³-hybridized carbons (Fsp3) is 0.167. The van der Waals surface area contributed by atoms with Crippen LogP contribution in [0.4, 0.5) is 5.69 Å². The van der Waals surface area contributed by atoms with Gasteiger partial charge in [-0.25, -0.2) is 5.43 Å². The molecule has 0 aliphatic heterocycles. The average Bonchev–Trinajstić information content (AvgIpc) is 2.78. The lowest BCUT2D eigenvalue weighted by Crippen LogP contribution is -2.17. The van der Waals surface area contributed by atoms with Crippen molar-refractivity contribution in [1.29, 1.82) is 0 Å². The zero-order valence-electron chi connectivity index (χ0n) is 17.3. The average molecular weight is 417 g/mol. The molecule has 0 aliphatic carbocycles. The number of hydrogen-bond donors (Lipinski definition) is 1. The van der Waals surface area contributed by atoms with Gasteiger partial charge in [-0.15, -0.1) is 0 Å². The van der Waals surface area contributed by atoms with Crippen molar-refractivity contribution < 1.29 is 14.5 Å². The van der Waals surface area contributed by atoms with Crippen LogP contribution < -0.4 is 10.2 Å². The Morgan fingerprint density at radius 1 is 1.10 bits per heavy atom. The van der Waals surface area contributed by atoms with Gasteiger partial charge in [-0.1, -0.05) is 38.1 Å². The largest absolute Gasteiger partial charge is 0.489 e. The first kappa shape index (κ1) is 21.7. The van der Waals surface area contributed by atoms with Crippen molar-refractivity contribution in [3.63, 3.8) is 0 Å². The second-order valence-electron chi connectivity index (χ2n) is 7.26. The van der Waals surface area contributed by atoms with Crippen LogP contribution in [0.1, 0.15) is 46.8 Å². The maximum absolute atomic E-state index is 12.4. The summed E-state index contributed by atoms with van der Waals surface area (Å²) in [5, 5.41) is 14.6. The zero-order chi connectivity index (χ0) is 22.2. The lowest BCUT2D eigenvalue weighted by molar-refractivity contribution is -0.384. The number of nitrogens with zero attached hydrogens (tertiary/aromatic N) is 2. The molecule has 0 aromatic heterocycles. The molecule has 0 bridgehead atoms. The third-order valence-electron chi connectivity index (χ3n) is 4.63. The SMILES string of the molecule is CC(C)c1ccc(OCc2cccc(C(=O)N/N=C\c3ccc([N+](=O)[O-])cc3)c2)cc1. The molecule has 1 amide bonds. The standard InChI is InChI=1S/C24H23N3O4/c1-17(2)20-8-12-23(13-9-20)31-16-19-4-3-5-21(14-19)24(28)26-25-15-18-6-10-22(11-7-18)27(29)30/h3-15,17H,16H2,1-2H3,(H,26,28)/b25-15-. The van der Waals surface area contributed by atoms with Crippen molar-refractivity contribution in [1.82, 2.24) is 5.43 Å². The summed E-state index contributed by atoms with van der Waals surface area (Å²) in [6, 6.07) is 21.0. The Kier molecular flexibility index (Phi) is 7.11. The molecule has 7 nitrogen and oxygen atoms in total. The Bertz CT molecular complexity index is 1070. The van der Waals surface area contributed by atoms with Crippen LogP contribution in [0.25, 0.3) is 0 Å². The van der Waals surface area contributed by atoms with E-state index in [1.165, 1.54) is 23.9 Å². The third kappa shape index (κ3) is 6.24. The minimum absolute atomic E-state index is 0.00363. The number of ether oxygens (including phenoxy) is 1. The van der Waals surface area contributed by atoms with E-state index in [1.807, 2.05) is 30.3 Å². The Labute approximate surface area is 180 Å². The van der Waals surface area contributed by atoms with Gasteiger partial charge in [-0.05, 0) is 59.0 Å². The molecule has 1 N–H and O–H groups in total. The first-order valence-electron chi connectivity index (χ1n) is 9.82. The Balaban J connectivity index is 1.56. The summed E-state index contributed by atoms with van der Waals surface area (Å²) in [5.41, 5.74) is 5.66. The second-order valence-corrected chi connectivity index (χ2v) is 7.26. The molecule has 0 spiro atoms. The molecule has 158 valence electrons. The van der Waals surface area contributed by atoms with E-state index < -0.39 is 4.92 Å². The fourth-order valence-corrected chi connectivity index (χ4v) is 2.83. The minimum Gasteiger partial charge on any atom is -0.489 e. The Morgan fingerprint density at radius 2 is 1.81 bits per heavy atom. The first-order valence-corrected chi connectivity index (χ1v) is 9.82. The van der Waals surface area contributed by atoms with Crippen LogP contribution in [0.3, 0.4) is 0 Å². The summed E-state index contributed by atoms with van der Waals surface area (Å²) in [7, 11) is 0. The highest BCUT2D eigenvalue weighted by Gasteiger charge is 2.07. The van der Waals surface area contributed by atoms with Crippen molar-refractivity contribution >= 4 is 17.8 Å². The summed E-state index contributed by atoms with van der Waals surface area (Å²) in [4.78, 5) is 22.5. The second kappa shape index (κ2) is 10.2. The lowest BCUT2D eigenvalue weighted by Gasteiger charge is -2.09. The highest BCUT2D eigenvalue weighted by molar-refractivity contribution is 5.95. The predicted octanol–water partition coefficient (Wildman–Crippen LogP) is 5.06. The van der Waals surface area contributed by atoms with Gasteiger partial charge in [0, 0.05) is 17.7 Å². The van der Waals surface area contributed by atoms with Gasteiger partial charge in [0.25, 0.3) is 11.6 Å². The number of hydrazone groups is 1. The van der Waals surface area contributed by atoms with Gasteiger partial charge in [0.05, 0.1) is 11.1 Å². The van der Waals surface area contributed by atoms with Crippen LogP contribution in [0.2, 0.25) is 0 Å². The molecule has 0 aliphatic rings. The van der Waals surface area contributed by atoms with Crippen LogP contribution in [-0.4, -0.2) is 17.0 Å².